The van der Waals surface area contributed by atoms with Gasteiger partial charge in [-0.15, -0.1) is 0 Å². The summed E-state index contributed by atoms with van der Waals surface area (Å²) in [4.78, 5) is 82.3. The van der Waals surface area contributed by atoms with Crippen molar-refractivity contribution in [1.29, 1.82) is 10.5 Å². The molecule has 0 spiro atoms. The summed E-state index contributed by atoms with van der Waals surface area (Å²) >= 11 is 3.37. The third-order valence-electron chi connectivity index (χ3n) is 24.6. The standard InChI is InChI=1S/C44H51N9O3.C32H34BrN7O3.C23H37BN2O4/c1-4-40-38(41(50-36-14-18-56-19-15-36)39-26-49-53(5-2)42(39)51-40)25-48-44(55)34-11-7-10-33(22-34)43(54)47-24-30-12-13-35(23-45)37(21-30)32-9-6-8-31(20-32)28-52-17-16-46-29(3)27-52;1-3-28-25(29(38-24-10-12-43-13-11-24)26-19-37-40(4-2)30(26)39-28)18-36-32(42)22-7-5-6-21(15-22)31(41)35-17-20-8-9-23(16-34)27(33)14-20;1-17-15-25(12-13-26(17)20(27)28-21(2,3)4)16-18-10-9-11-19(14-18)24-29-22(5,6)23(7,8)30-24/h6-13,20-22,26,29,36,46H,4-5,14-19,24-25,27-28H2,1-3H3,(H,47,54)(H,48,55)(H,50,51);5-9,14-15,19,24H,3-4,10-13,17-18H2,1-2H3,(H,35,41)(H,36,42)(H,38,39);9-11,14,17H,12-13,15-16H2,1-8H3/t29-;;17-/m0.0/s1. The minimum Gasteiger partial charge on any atom is -0.444 e. The summed E-state index contributed by atoms with van der Waals surface area (Å²) in [7, 11) is -0.349. The Morgan fingerprint density at radius 2 is 1.02 bits per heavy atom. The maximum absolute atomic E-state index is 13.6. The summed E-state index contributed by atoms with van der Waals surface area (Å²) in [6.07, 6.45) is 8.45. The smallest absolute Gasteiger partial charge is 0.444 e. The van der Waals surface area contributed by atoms with Gasteiger partial charge in [-0.3, -0.25) is 29.0 Å². The molecule has 5 amide bonds. The summed E-state index contributed by atoms with van der Waals surface area (Å²) in [5, 5.41) is 53.1. The average Bonchev–Trinajstić information content (AvgIpc) is 1.56. The van der Waals surface area contributed by atoms with Gasteiger partial charge in [0.1, 0.15) is 11.7 Å². The van der Waals surface area contributed by atoms with Crippen LogP contribution in [0.15, 0.2) is 150 Å². The summed E-state index contributed by atoms with van der Waals surface area (Å²) in [6, 6.07) is 46.7. The van der Waals surface area contributed by atoms with Crippen molar-refractivity contribution in [2.45, 2.75) is 222 Å². The van der Waals surface area contributed by atoms with Crippen LogP contribution < -0.4 is 42.7 Å². The second kappa shape index (κ2) is 43.3. The van der Waals surface area contributed by atoms with Crippen molar-refractivity contribution in [1.82, 2.24) is 70.8 Å². The van der Waals surface area contributed by atoms with Crippen molar-refractivity contribution >= 4 is 91.7 Å². The number of anilines is 2. The summed E-state index contributed by atoms with van der Waals surface area (Å²) < 4.78 is 33.6. The number of hydrogen-bond acceptors (Lipinski definition) is 21. The van der Waals surface area contributed by atoms with Gasteiger partial charge in [0, 0.05) is 191 Å². The van der Waals surface area contributed by atoms with E-state index >= 15 is 0 Å². The second-order valence-electron chi connectivity index (χ2n) is 35.7. The molecule has 5 aliphatic rings. The van der Waals surface area contributed by atoms with E-state index in [1.54, 1.807) is 66.7 Å². The Hall–Kier alpha value is -11.4. The molecule has 6 aromatic carbocycles. The second-order valence-corrected chi connectivity index (χ2v) is 36.5. The van der Waals surface area contributed by atoms with Crippen LogP contribution in [0.4, 0.5) is 16.2 Å². The zero-order valence-corrected chi connectivity index (χ0v) is 78.2. The van der Waals surface area contributed by atoms with E-state index in [0.29, 0.717) is 103 Å². The Kier molecular flexibility index (Phi) is 31.9. The molecule has 0 unspecified atom stereocenters. The van der Waals surface area contributed by atoms with E-state index < -0.39 is 5.60 Å². The third-order valence-corrected chi connectivity index (χ3v) is 25.2. The number of nitrogens with one attached hydrogen (secondary N) is 7. The van der Waals surface area contributed by atoms with Crippen LogP contribution in [0, 0.1) is 22.7 Å². The number of carbonyl (C=O) groups excluding carboxylic acids is 5. The van der Waals surface area contributed by atoms with Gasteiger partial charge in [0.05, 0.1) is 62.9 Å². The van der Waals surface area contributed by atoms with Gasteiger partial charge in [-0.05, 0) is 236 Å². The highest BCUT2D eigenvalue weighted by Gasteiger charge is 2.52. The fraction of sp³-hybridized carbons (Fsp3) is 0.444. The van der Waals surface area contributed by atoms with Gasteiger partial charge in [0.25, 0.3) is 23.6 Å². The lowest BCUT2D eigenvalue weighted by molar-refractivity contribution is 0.000506. The van der Waals surface area contributed by atoms with E-state index in [1.807, 2.05) is 91.6 Å². The Morgan fingerprint density at radius 3 is 1.49 bits per heavy atom. The van der Waals surface area contributed by atoms with E-state index in [9.17, 15) is 29.2 Å². The number of amides is 5. The third kappa shape index (κ3) is 24.2. The van der Waals surface area contributed by atoms with E-state index in [4.69, 9.17) is 38.7 Å². The molecular formula is C99H122BBrN18O10. The zero-order valence-electron chi connectivity index (χ0n) is 76.6. The summed E-state index contributed by atoms with van der Waals surface area (Å²) in [5.74, 6) is -1.16. The topological polar surface area (TPSA) is 334 Å². The van der Waals surface area contributed by atoms with Gasteiger partial charge >= 0.3 is 13.2 Å². The van der Waals surface area contributed by atoms with Crippen LogP contribution in [-0.2, 0) is 88.7 Å². The first-order chi connectivity index (χ1) is 62.0. The predicted molar refractivity (Wildman–Crippen MR) is 506 cm³/mol. The highest BCUT2D eigenvalue weighted by Crippen LogP contribution is 2.38. The number of rotatable bonds is 26. The van der Waals surface area contributed by atoms with Crippen LogP contribution in [0.5, 0.6) is 0 Å². The maximum Gasteiger partial charge on any atom is 0.494 e. The number of piperazine rings is 2. The average molecular weight is 1810 g/mol. The molecule has 678 valence electrons. The van der Waals surface area contributed by atoms with E-state index in [2.05, 4.69) is 177 Å². The van der Waals surface area contributed by atoms with Crippen LogP contribution in [0.2, 0.25) is 0 Å². The molecule has 0 aliphatic carbocycles. The zero-order chi connectivity index (χ0) is 91.7. The molecule has 10 aromatic rings. The lowest BCUT2D eigenvalue weighted by Gasteiger charge is -2.40. The largest absolute Gasteiger partial charge is 0.494 e. The number of fused-ring (bicyclic) bond motifs is 2. The van der Waals surface area contributed by atoms with Crippen LogP contribution in [0.3, 0.4) is 0 Å². The minimum atomic E-state index is -0.470. The first-order valence-corrected chi connectivity index (χ1v) is 46.0. The molecule has 5 saturated heterocycles. The normalized spacial score (nSPS) is 17.2. The van der Waals surface area contributed by atoms with E-state index in [-0.39, 0.29) is 92.3 Å². The fourth-order valence-corrected chi connectivity index (χ4v) is 17.3. The summed E-state index contributed by atoms with van der Waals surface area (Å²) in [5.41, 5.74) is 15.7. The van der Waals surface area contributed by atoms with Crippen LogP contribution in [0.1, 0.15) is 213 Å². The molecule has 0 saturated carbocycles. The predicted octanol–water partition coefficient (Wildman–Crippen LogP) is 14.3. The molecule has 5 aliphatic heterocycles. The van der Waals surface area contributed by atoms with Gasteiger partial charge < -0.3 is 65.6 Å². The number of pyridine rings is 2. The molecule has 15 rings (SSSR count). The number of halogens is 1. The number of nitriles is 2. The Labute approximate surface area is 765 Å². The van der Waals surface area contributed by atoms with Crippen LogP contribution in [-0.4, -0.2) is 188 Å². The molecular weight excluding hydrogens is 1690 g/mol. The van der Waals surface area contributed by atoms with Crippen molar-refractivity contribution < 1.29 is 47.5 Å². The number of hydrogen-bond donors (Lipinski definition) is 7. The minimum absolute atomic E-state index is 0.111. The fourth-order valence-electron chi connectivity index (χ4n) is 16.8. The monoisotopic (exact) mass is 1810 g/mol. The number of aromatic nitrogens is 6. The Bertz CT molecular complexity index is 5730. The SMILES string of the molecule is CCc1nc2c(cnn2CC)c(NC2CCOCC2)c1CNC(=O)c1cccc(C(=O)NCc2ccc(C#N)c(-c3cccc(CN4CCN[C@@H](C)C4)c3)c2)c1.CCc1nc2c(cnn2CC)c(NC2CCOCC2)c1CNC(=O)c1cccc(C(=O)NCc2ccc(C#N)c(Br)c2)c1.C[C@H]1CN(Cc2cccc(B3OC(C)(C)C(C)(C)O3)c2)CCN1C(=O)OC(C)(C)C. The number of benzene rings is 6. The van der Waals surface area contributed by atoms with Crippen LogP contribution >= 0.6 is 15.9 Å². The molecule has 28 nitrogen and oxygen atoms in total. The highest BCUT2D eigenvalue weighted by molar-refractivity contribution is 9.10. The molecule has 0 radical (unpaired) electrons. The quantitative estimate of drug-likeness (QED) is 0.0248. The summed E-state index contributed by atoms with van der Waals surface area (Å²) in [6.45, 7) is 38.8. The molecule has 129 heavy (non-hydrogen) atoms. The van der Waals surface area contributed by atoms with E-state index in [0.717, 1.165) is 155 Å². The first kappa shape index (κ1) is 95.1. The van der Waals surface area contributed by atoms with Crippen molar-refractivity contribution in [3.63, 3.8) is 0 Å². The van der Waals surface area contributed by atoms with Gasteiger partial charge in [-0.25, -0.2) is 24.1 Å². The maximum atomic E-state index is 13.6. The van der Waals surface area contributed by atoms with Gasteiger partial charge in [0.2, 0.25) is 0 Å². The number of nitrogens with zero attached hydrogens (tertiary/aromatic N) is 11. The van der Waals surface area contributed by atoms with Gasteiger partial charge in [-0.2, -0.15) is 20.7 Å². The molecule has 9 heterocycles. The van der Waals surface area contributed by atoms with Crippen molar-refractivity contribution in [2.75, 3.05) is 76.3 Å². The molecule has 5 fully saturated rings. The highest BCUT2D eigenvalue weighted by atomic mass is 79.9. The molecule has 0 bridgehead atoms. The van der Waals surface area contributed by atoms with Gasteiger partial charge in [0.15, 0.2) is 11.3 Å². The molecule has 7 N–H and O–H groups in total. The van der Waals surface area contributed by atoms with Gasteiger partial charge in [-0.1, -0.05) is 80.6 Å². The number of ether oxygens (including phenoxy) is 3. The van der Waals surface area contributed by atoms with Crippen molar-refractivity contribution in [2.24, 2.45) is 0 Å². The lowest BCUT2D eigenvalue weighted by Crippen LogP contribution is -2.54. The Morgan fingerprint density at radius 1 is 0.558 bits per heavy atom. The number of aryl methyl sites for hydroxylation is 4. The van der Waals surface area contributed by atoms with E-state index in [1.165, 1.54) is 11.1 Å². The number of carbonyl (C=O) groups is 5. The van der Waals surface area contributed by atoms with Crippen LogP contribution in [0.25, 0.3) is 33.2 Å². The molecule has 4 aromatic heterocycles. The lowest BCUT2D eigenvalue weighted by atomic mass is 9.78. The first-order valence-electron chi connectivity index (χ1n) is 45.2. The molecule has 30 heteroatoms. The Balaban J connectivity index is 0.000000173. The molecule has 2 atom stereocenters. The van der Waals surface area contributed by atoms with Crippen molar-refractivity contribution in [3.05, 3.63) is 228 Å². The van der Waals surface area contributed by atoms with Crippen molar-refractivity contribution in [3.8, 4) is 23.3 Å².